The summed E-state index contributed by atoms with van der Waals surface area (Å²) in [6, 6.07) is 0. The average Bonchev–Trinajstić information content (AvgIpc) is 1.87. The van der Waals surface area contributed by atoms with E-state index in [2.05, 4.69) is 6.58 Å². The molecule has 0 aromatic rings. The fourth-order valence-corrected chi connectivity index (χ4v) is 0.733. The molecule has 0 saturated carbocycles. The van der Waals surface area contributed by atoms with E-state index < -0.39 is 0 Å². The van der Waals surface area contributed by atoms with Gasteiger partial charge in [0.05, 0.1) is 0 Å². The third-order valence-electron chi connectivity index (χ3n) is 1.05. The largest absolute Gasteiger partial charge is 0.0990 e. The maximum absolute atomic E-state index is 4.98. The van der Waals surface area contributed by atoms with Crippen LogP contribution in [0.25, 0.3) is 0 Å². The Bertz CT molecular complexity index is 185. The van der Waals surface area contributed by atoms with Gasteiger partial charge in [0.25, 0.3) is 0 Å². The molecule has 0 aromatic carbocycles. The molecule has 0 fully saturated rings. The Kier molecular flexibility index (Phi) is 4.77. The molecule has 0 aliphatic carbocycles. The minimum absolute atomic E-state index is 0.901. The van der Waals surface area contributed by atoms with Gasteiger partial charge in [-0.25, -0.2) is 0 Å². The maximum Gasteiger partial charge on any atom is 0.0193 e. The van der Waals surface area contributed by atoms with E-state index >= 15 is 0 Å². The smallest absolute Gasteiger partial charge is 0.0193 e. The highest BCUT2D eigenvalue weighted by molar-refractivity contribution is 7.80. The van der Waals surface area contributed by atoms with Crippen LogP contribution in [0.3, 0.4) is 0 Å². The van der Waals surface area contributed by atoms with Gasteiger partial charge in [-0.3, -0.25) is 0 Å². The van der Waals surface area contributed by atoms with Crippen LogP contribution in [-0.4, -0.2) is 4.86 Å². The highest BCUT2D eigenvalue weighted by atomic mass is 32.1. The second-order valence-corrected chi connectivity index (χ2v) is 2.53. The molecule has 0 aromatic heterocycles. The molecule has 0 rings (SSSR count). The Labute approximate surface area is 67.9 Å². The summed E-state index contributed by atoms with van der Waals surface area (Å²) in [6.07, 6.45) is 7.59. The van der Waals surface area contributed by atoms with E-state index in [1.165, 1.54) is 0 Å². The third-order valence-corrected chi connectivity index (χ3v) is 1.29. The van der Waals surface area contributed by atoms with Gasteiger partial charge in [0, 0.05) is 4.86 Å². The Morgan fingerprint density at radius 3 is 2.40 bits per heavy atom. The van der Waals surface area contributed by atoms with Crippen LogP contribution < -0.4 is 0 Å². The van der Waals surface area contributed by atoms with Gasteiger partial charge in [0.15, 0.2) is 0 Å². The number of rotatable bonds is 3. The van der Waals surface area contributed by atoms with Crippen molar-refractivity contribution in [3.8, 4) is 0 Å². The third kappa shape index (κ3) is 3.36. The molecular formula is C9H12S. The number of hydrogen-bond acceptors (Lipinski definition) is 1. The van der Waals surface area contributed by atoms with Gasteiger partial charge in [0.2, 0.25) is 0 Å². The Morgan fingerprint density at radius 2 is 2.10 bits per heavy atom. The van der Waals surface area contributed by atoms with Gasteiger partial charge in [-0.05, 0) is 19.4 Å². The van der Waals surface area contributed by atoms with Crippen molar-refractivity contribution in [2.24, 2.45) is 0 Å². The van der Waals surface area contributed by atoms with E-state index in [-0.39, 0.29) is 0 Å². The average molecular weight is 152 g/mol. The first-order chi connectivity index (χ1) is 4.72. The second-order valence-electron chi connectivity index (χ2n) is 1.91. The fraction of sp³-hybridized carbons (Fsp3) is 0.222. The SMILES string of the molecule is C=CC=C(C=CC)C(C)=S. The van der Waals surface area contributed by atoms with Gasteiger partial charge >= 0.3 is 0 Å². The van der Waals surface area contributed by atoms with Crippen LogP contribution in [0, 0.1) is 0 Å². The lowest BCUT2D eigenvalue weighted by Crippen LogP contribution is -1.88. The number of thiocarbonyl (C=S) groups is 1. The van der Waals surface area contributed by atoms with Crippen molar-refractivity contribution in [1.29, 1.82) is 0 Å². The first-order valence-corrected chi connectivity index (χ1v) is 3.59. The molecule has 0 atom stereocenters. The quantitative estimate of drug-likeness (QED) is 0.340. The molecule has 0 aliphatic heterocycles. The predicted octanol–water partition coefficient (Wildman–Crippen LogP) is 3.06. The van der Waals surface area contributed by atoms with Crippen LogP contribution in [0.1, 0.15) is 13.8 Å². The van der Waals surface area contributed by atoms with Crippen molar-refractivity contribution in [3.05, 3.63) is 36.5 Å². The van der Waals surface area contributed by atoms with Crippen molar-refractivity contribution in [1.82, 2.24) is 0 Å². The van der Waals surface area contributed by atoms with E-state index in [1.54, 1.807) is 6.08 Å². The van der Waals surface area contributed by atoms with E-state index in [0.29, 0.717) is 0 Å². The normalized spacial score (nSPS) is 12.0. The minimum atomic E-state index is 0.901. The highest BCUT2D eigenvalue weighted by Crippen LogP contribution is 2.00. The van der Waals surface area contributed by atoms with Crippen LogP contribution in [0.5, 0.6) is 0 Å². The molecule has 0 N–H and O–H groups in total. The van der Waals surface area contributed by atoms with E-state index in [4.69, 9.17) is 12.2 Å². The summed E-state index contributed by atoms with van der Waals surface area (Å²) in [5.74, 6) is 0. The van der Waals surface area contributed by atoms with Gasteiger partial charge in [-0.15, -0.1) is 0 Å². The molecule has 0 amide bonds. The maximum atomic E-state index is 4.98. The first kappa shape index (κ1) is 9.31. The van der Waals surface area contributed by atoms with Crippen molar-refractivity contribution < 1.29 is 0 Å². The van der Waals surface area contributed by atoms with Gasteiger partial charge in [0.1, 0.15) is 0 Å². The highest BCUT2D eigenvalue weighted by Gasteiger charge is 1.89. The van der Waals surface area contributed by atoms with Gasteiger partial charge in [-0.2, -0.15) is 0 Å². The Hall–Kier alpha value is -0.690. The molecule has 54 valence electrons. The first-order valence-electron chi connectivity index (χ1n) is 3.18. The number of allylic oxidation sites excluding steroid dienone is 5. The summed E-state index contributed by atoms with van der Waals surface area (Å²) in [5, 5.41) is 0. The van der Waals surface area contributed by atoms with Crippen molar-refractivity contribution in [2.45, 2.75) is 13.8 Å². The molecule has 0 bridgehead atoms. The molecule has 1 heteroatoms. The zero-order chi connectivity index (χ0) is 7.98. The molecule has 0 saturated heterocycles. The van der Waals surface area contributed by atoms with Crippen LogP contribution in [0.2, 0.25) is 0 Å². The summed E-state index contributed by atoms with van der Waals surface area (Å²) < 4.78 is 0. The van der Waals surface area contributed by atoms with Crippen LogP contribution in [0.4, 0.5) is 0 Å². The lowest BCUT2D eigenvalue weighted by Gasteiger charge is -1.94. The monoisotopic (exact) mass is 152 g/mol. The summed E-state index contributed by atoms with van der Waals surface area (Å²) in [7, 11) is 0. The predicted molar refractivity (Wildman–Crippen MR) is 51.4 cm³/mol. The molecule has 0 unspecified atom stereocenters. The zero-order valence-electron chi connectivity index (χ0n) is 6.42. The lowest BCUT2D eigenvalue weighted by atomic mass is 10.2. The van der Waals surface area contributed by atoms with Gasteiger partial charge in [-0.1, -0.05) is 43.1 Å². The molecule has 0 heterocycles. The van der Waals surface area contributed by atoms with Crippen molar-refractivity contribution >= 4 is 17.1 Å². The summed E-state index contributed by atoms with van der Waals surface area (Å²) >= 11 is 4.98. The standard InChI is InChI=1S/C9H12S/c1-4-6-9(7-5-2)8(3)10/h4-7H,1H2,2-3H3. The Balaban J connectivity index is 4.41. The van der Waals surface area contributed by atoms with E-state index in [0.717, 1.165) is 10.4 Å². The molecule has 0 nitrogen and oxygen atoms in total. The van der Waals surface area contributed by atoms with Crippen LogP contribution in [-0.2, 0) is 0 Å². The summed E-state index contributed by atoms with van der Waals surface area (Å²) in [6.45, 7) is 7.47. The second kappa shape index (κ2) is 5.12. The molecule has 0 spiro atoms. The number of hydrogen-bond donors (Lipinski definition) is 0. The van der Waals surface area contributed by atoms with Crippen LogP contribution >= 0.6 is 12.2 Å². The summed E-state index contributed by atoms with van der Waals surface area (Å²) in [4.78, 5) is 0.901. The van der Waals surface area contributed by atoms with E-state index in [9.17, 15) is 0 Å². The zero-order valence-corrected chi connectivity index (χ0v) is 7.24. The fourth-order valence-electron chi connectivity index (χ4n) is 0.597. The summed E-state index contributed by atoms with van der Waals surface area (Å²) in [5.41, 5.74) is 1.06. The van der Waals surface area contributed by atoms with Crippen molar-refractivity contribution in [2.75, 3.05) is 0 Å². The lowest BCUT2D eigenvalue weighted by molar-refractivity contribution is 1.67. The van der Waals surface area contributed by atoms with Crippen LogP contribution in [0.15, 0.2) is 36.5 Å². The molecular weight excluding hydrogens is 140 g/mol. The van der Waals surface area contributed by atoms with Crippen molar-refractivity contribution in [3.63, 3.8) is 0 Å². The molecule has 0 radical (unpaired) electrons. The minimum Gasteiger partial charge on any atom is -0.0990 e. The molecule has 0 aliphatic rings. The topological polar surface area (TPSA) is 0 Å². The van der Waals surface area contributed by atoms with E-state index in [1.807, 2.05) is 32.1 Å². The Morgan fingerprint density at radius 1 is 1.50 bits per heavy atom. The molecule has 10 heavy (non-hydrogen) atoms. The van der Waals surface area contributed by atoms with Gasteiger partial charge < -0.3 is 0 Å².